The highest BCUT2D eigenvalue weighted by molar-refractivity contribution is 7.13. The Hall–Kier alpha value is -2.34. The zero-order valence-electron chi connectivity index (χ0n) is 11.1. The number of thiophene rings is 1. The monoisotopic (exact) mass is 287 g/mol. The summed E-state index contributed by atoms with van der Waals surface area (Å²) in [6.45, 7) is 0. The van der Waals surface area contributed by atoms with Crippen LogP contribution in [-0.4, -0.2) is 29.4 Å². The van der Waals surface area contributed by atoms with Crippen molar-refractivity contribution < 1.29 is 9.47 Å². The largest absolute Gasteiger partial charge is 0.497 e. The SMILES string of the molecule is COc1ccc(OC)c(-c2n[nH]c(-c3cccs3)n2)c1. The highest BCUT2D eigenvalue weighted by Gasteiger charge is 2.14. The summed E-state index contributed by atoms with van der Waals surface area (Å²) in [5.74, 6) is 2.79. The molecule has 5 nitrogen and oxygen atoms in total. The minimum absolute atomic E-state index is 0.587. The predicted octanol–water partition coefficient (Wildman–Crippen LogP) is 3.22. The molecule has 0 aliphatic carbocycles. The van der Waals surface area contributed by atoms with E-state index >= 15 is 0 Å². The van der Waals surface area contributed by atoms with E-state index in [0.29, 0.717) is 11.6 Å². The van der Waals surface area contributed by atoms with Gasteiger partial charge in [0.25, 0.3) is 0 Å². The smallest absolute Gasteiger partial charge is 0.185 e. The highest BCUT2D eigenvalue weighted by Crippen LogP contribution is 2.32. The molecule has 0 spiro atoms. The van der Waals surface area contributed by atoms with Crippen LogP contribution in [0.1, 0.15) is 0 Å². The summed E-state index contributed by atoms with van der Waals surface area (Å²) in [6.07, 6.45) is 0. The third kappa shape index (κ3) is 2.25. The molecule has 3 rings (SSSR count). The van der Waals surface area contributed by atoms with Crippen molar-refractivity contribution in [3.8, 4) is 33.6 Å². The second-order valence-electron chi connectivity index (χ2n) is 4.05. The molecule has 0 atom stereocenters. The van der Waals surface area contributed by atoms with Gasteiger partial charge in [-0.25, -0.2) is 4.98 Å². The molecule has 1 N–H and O–H groups in total. The van der Waals surface area contributed by atoms with Crippen molar-refractivity contribution in [3.63, 3.8) is 0 Å². The lowest BCUT2D eigenvalue weighted by Crippen LogP contribution is -1.91. The van der Waals surface area contributed by atoms with Crippen LogP contribution in [0.4, 0.5) is 0 Å². The molecule has 0 saturated carbocycles. The van der Waals surface area contributed by atoms with Gasteiger partial charge in [0, 0.05) is 0 Å². The maximum absolute atomic E-state index is 5.35. The number of aromatic nitrogens is 3. The molecule has 3 aromatic rings. The molecule has 0 bridgehead atoms. The first kappa shape index (κ1) is 12.7. The summed E-state index contributed by atoms with van der Waals surface area (Å²) in [4.78, 5) is 5.56. The standard InChI is InChI=1S/C14H13N3O2S/c1-18-9-5-6-11(19-2)10(8-9)13-15-14(17-16-13)12-4-3-7-20-12/h3-8H,1-2H3,(H,15,16,17). The summed E-state index contributed by atoms with van der Waals surface area (Å²) in [5.41, 5.74) is 0.797. The molecular weight excluding hydrogens is 274 g/mol. The molecule has 6 heteroatoms. The topological polar surface area (TPSA) is 60.0 Å². The molecule has 102 valence electrons. The quantitative estimate of drug-likeness (QED) is 0.800. The Morgan fingerprint density at radius 1 is 1.15 bits per heavy atom. The Labute approximate surface area is 120 Å². The average Bonchev–Trinajstić information content (AvgIpc) is 3.17. The van der Waals surface area contributed by atoms with Crippen molar-refractivity contribution in [1.82, 2.24) is 15.2 Å². The minimum Gasteiger partial charge on any atom is -0.497 e. The van der Waals surface area contributed by atoms with Crippen LogP contribution >= 0.6 is 11.3 Å². The van der Waals surface area contributed by atoms with E-state index in [4.69, 9.17) is 9.47 Å². The number of ether oxygens (including phenoxy) is 2. The third-order valence-electron chi connectivity index (χ3n) is 2.89. The van der Waals surface area contributed by atoms with Gasteiger partial charge >= 0.3 is 0 Å². The summed E-state index contributed by atoms with van der Waals surface area (Å²) in [7, 11) is 3.25. The van der Waals surface area contributed by atoms with E-state index < -0.39 is 0 Å². The van der Waals surface area contributed by atoms with Crippen molar-refractivity contribution in [2.24, 2.45) is 0 Å². The van der Waals surface area contributed by atoms with Gasteiger partial charge in [0.1, 0.15) is 11.5 Å². The van der Waals surface area contributed by atoms with Crippen molar-refractivity contribution in [2.45, 2.75) is 0 Å². The lowest BCUT2D eigenvalue weighted by Gasteiger charge is -2.07. The highest BCUT2D eigenvalue weighted by atomic mass is 32.1. The number of rotatable bonds is 4. The Bertz CT molecular complexity index is 707. The zero-order valence-corrected chi connectivity index (χ0v) is 11.9. The maximum atomic E-state index is 5.35. The first-order valence-electron chi connectivity index (χ1n) is 6.00. The molecule has 20 heavy (non-hydrogen) atoms. The van der Waals surface area contributed by atoms with E-state index in [1.54, 1.807) is 25.6 Å². The number of methoxy groups -OCH3 is 2. The molecule has 1 aromatic carbocycles. The molecule has 0 aliphatic rings. The first-order valence-corrected chi connectivity index (χ1v) is 6.88. The van der Waals surface area contributed by atoms with Gasteiger partial charge < -0.3 is 9.47 Å². The Balaban J connectivity index is 2.04. The minimum atomic E-state index is 0.587. The maximum Gasteiger partial charge on any atom is 0.185 e. The lowest BCUT2D eigenvalue weighted by molar-refractivity contribution is 0.404. The molecule has 2 aromatic heterocycles. The second-order valence-corrected chi connectivity index (χ2v) is 5.00. The fraction of sp³-hybridized carbons (Fsp3) is 0.143. The summed E-state index contributed by atoms with van der Waals surface area (Å²) < 4.78 is 10.6. The summed E-state index contributed by atoms with van der Waals surface area (Å²) >= 11 is 1.61. The van der Waals surface area contributed by atoms with Crippen LogP contribution in [0.25, 0.3) is 22.1 Å². The van der Waals surface area contributed by atoms with E-state index in [9.17, 15) is 0 Å². The van der Waals surface area contributed by atoms with Gasteiger partial charge in [0.15, 0.2) is 11.6 Å². The fourth-order valence-electron chi connectivity index (χ4n) is 1.89. The van der Waals surface area contributed by atoms with E-state index in [0.717, 1.165) is 22.0 Å². The number of H-pyrrole nitrogens is 1. The predicted molar refractivity (Wildman–Crippen MR) is 78.2 cm³/mol. The number of hydrogen-bond donors (Lipinski definition) is 1. The van der Waals surface area contributed by atoms with Crippen LogP contribution < -0.4 is 9.47 Å². The van der Waals surface area contributed by atoms with E-state index in [1.807, 2.05) is 35.7 Å². The van der Waals surface area contributed by atoms with Gasteiger partial charge in [-0.2, -0.15) is 5.10 Å². The van der Waals surface area contributed by atoms with Crippen LogP contribution in [0.3, 0.4) is 0 Å². The number of benzene rings is 1. The van der Waals surface area contributed by atoms with Gasteiger partial charge in [0.05, 0.1) is 24.7 Å². The fourth-order valence-corrected chi connectivity index (χ4v) is 2.56. The molecule has 0 unspecified atom stereocenters. The molecule has 2 heterocycles. The number of aromatic amines is 1. The van der Waals surface area contributed by atoms with Gasteiger partial charge in [-0.1, -0.05) is 6.07 Å². The van der Waals surface area contributed by atoms with Crippen LogP contribution in [-0.2, 0) is 0 Å². The van der Waals surface area contributed by atoms with Gasteiger partial charge in [-0.05, 0) is 29.6 Å². The van der Waals surface area contributed by atoms with Crippen LogP contribution in [0.5, 0.6) is 11.5 Å². The van der Waals surface area contributed by atoms with Gasteiger partial charge in [-0.15, -0.1) is 11.3 Å². The number of hydrogen-bond acceptors (Lipinski definition) is 5. The average molecular weight is 287 g/mol. The van der Waals surface area contributed by atoms with Crippen LogP contribution in [0, 0.1) is 0 Å². The Morgan fingerprint density at radius 3 is 2.75 bits per heavy atom. The number of nitrogens with one attached hydrogen (secondary N) is 1. The summed E-state index contributed by atoms with van der Waals surface area (Å²) in [5, 5.41) is 9.21. The summed E-state index contributed by atoms with van der Waals surface area (Å²) in [6, 6.07) is 9.52. The molecule has 0 saturated heterocycles. The Kier molecular flexibility index (Phi) is 3.39. The lowest BCUT2D eigenvalue weighted by atomic mass is 10.2. The third-order valence-corrected chi connectivity index (χ3v) is 3.76. The van der Waals surface area contributed by atoms with Gasteiger partial charge in [0.2, 0.25) is 0 Å². The normalized spacial score (nSPS) is 10.5. The van der Waals surface area contributed by atoms with E-state index in [-0.39, 0.29) is 0 Å². The van der Waals surface area contributed by atoms with Crippen LogP contribution in [0.15, 0.2) is 35.7 Å². The molecule has 0 fully saturated rings. The molecule has 0 aliphatic heterocycles. The molecule has 0 amide bonds. The van der Waals surface area contributed by atoms with Crippen molar-refractivity contribution >= 4 is 11.3 Å². The molecule has 0 radical (unpaired) electrons. The van der Waals surface area contributed by atoms with Crippen molar-refractivity contribution in [3.05, 3.63) is 35.7 Å². The van der Waals surface area contributed by atoms with Gasteiger partial charge in [-0.3, -0.25) is 5.10 Å². The second kappa shape index (κ2) is 5.34. The van der Waals surface area contributed by atoms with Crippen LogP contribution in [0.2, 0.25) is 0 Å². The zero-order chi connectivity index (χ0) is 13.9. The van der Waals surface area contributed by atoms with E-state index in [2.05, 4.69) is 15.2 Å². The number of nitrogens with zero attached hydrogens (tertiary/aromatic N) is 2. The van der Waals surface area contributed by atoms with Crippen molar-refractivity contribution in [2.75, 3.05) is 14.2 Å². The van der Waals surface area contributed by atoms with E-state index in [1.165, 1.54) is 0 Å². The Morgan fingerprint density at radius 2 is 2.05 bits per heavy atom. The first-order chi connectivity index (χ1) is 9.81. The molecular formula is C14H13N3O2S. The van der Waals surface area contributed by atoms with Crippen molar-refractivity contribution in [1.29, 1.82) is 0 Å².